The maximum atomic E-state index is 12.3. The fourth-order valence-electron chi connectivity index (χ4n) is 3.64. The average Bonchev–Trinajstić information content (AvgIpc) is 2.47. The summed E-state index contributed by atoms with van der Waals surface area (Å²) in [5.41, 5.74) is 1.88. The molecule has 0 spiro atoms. The Morgan fingerprint density at radius 1 is 1.50 bits per heavy atom. The van der Waals surface area contributed by atoms with Crippen LogP contribution in [0.4, 0.5) is 5.69 Å². The number of fused-ring (bicyclic) bond motifs is 2. The van der Waals surface area contributed by atoms with Crippen LogP contribution in [-0.4, -0.2) is 44.4 Å². The van der Waals surface area contributed by atoms with E-state index in [-0.39, 0.29) is 23.6 Å². The number of carbonyl (C=O) groups excluding carboxylic acids is 1. The maximum Gasteiger partial charge on any atom is 0.313 e. The van der Waals surface area contributed by atoms with Gasteiger partial charge < -0.3 is 20.1 Å². The molecule has 1 aromatic carbocycles. The average molecular weight is 276 g/mol. The van der Waals surface area contributed by atoms with Gasteiger partial charge in [-0.15, -0.1) is 0 Å². The minimum Gasteiger partial charge on any atom is -0.508 e. The van der Waals surface area contributed by atoms with Crippen molar-refractivity contribution < 1.29 is 14.6 Å². The fourth-order valence-corrected chi connectivity index (χ4v) is 3.64. The number of nitrogens with one attached hydrogen (secondary N) is 1. The van der Waals surface area contributed by atoms with E-state index >= 15 is 0 Å². The van der Waals surface area contributed by atoms with E-state index in [4.69, 9.17) is 4.74 Å². The van der Waals surface area contributed by atoms with E-state index in [0.717, 1.165) is 30.8 Å². The van der Waals surface area contributed by atoms with Crippen molar-refractivity contribution in [2.24, 2.45) is 5.92 Å². The number of phenolic OH excluding ortho intramolecular Hbond substituents is 1. The van der Waals surface area contributed by atoms with Gasteiger partial charge in [-0.05, 0) is 36.7 Å². The van der Waals surface area contributed by atoms with Crippen molar-refractivity contribution >= 4 is 11.7 Å². The van der Waals surface area contributed by atoms with E-state index in [1.165, 1.54) is 7.11 Å². The van der Waals surface area contributed by atoms with Crippen LogP contribution < -0.4 is 10.2 Å². The van der Waals surface area contributed by atoms with Crippen LogP contribution in [0.2, 0.25) is 0 Å². The second kappa shape index (κ2) is 4.98. The molecule has 1 saturated heterocycles. The molecular weight excluding hydrogens is 256 g/mol. The third kappa shape index (κ3) is 1.93. The monoisotopic (exact) mass is 276 g/mol. The number of ether oxygens (including phenoxy) is 1. The van der Waals surface area contributed by atoms with Crippen LogP contribution in [0.1, 0.15) is 17.9 Å². The summed E-state index contributed by atoms with van der Waals surface area (Å²) in [5, 5.41) is 13.1. The maximum absolute atomic E-state index is 12.3. The molecule has 3 unspecified atom stereocenters. The molecule has 0 amide bonds. The summed E-state index contributed by atoms with van der Waals surface area (Å²) in [6, 6.07) is 5.58. The molecule has 0 bridgehead atoms. The summed E-state index contributed by atoms with van der Waals surface area (Å²) < 4.78 is 5.00. The van der Waals surface area contributed by atoms with Crippen LogP contribution in [0.15, 0.2) is 18.2 Å². The highest BCUT2D eigenvalue weighted by Crippen LogP contribution is 2.44. The van der Waals surface area contributed by atoms with E-state index in [0.29, 0.717) is 6.04 Å². The largest absolute Gasteiger partial charge is 0.508 e. The van der Waals surface area contributed by atoms with Crippen molar-refractivity contribution in [2.45, 2.75) is 18.4 Å². The van der Waals surface area contributed by atoms with E-state index in [1.54, 1.807) is 12.1 Å². The minimum atomic E-state index is -0.309. The van der Waals surface area contributed by atoms with Crippen molar-refractivity contribution in [1.82, 2.24) is 5.32 Å². The lowest BCUT2D eigenvalue weighted by Gasteiger charge is -2.47. The predicted molar refractivity (Wildman–Crippen MR) is 76.0 cm³/mol. The summed E-state index contributed by atoms with van der Waals surface area (Å²) in [7, 11) is 3.49. The number of esters is 1. The molecule has 0 radical (unpaired) electrons. The molecule has 20 heavy (non-hydrogen) atoms. The Kier molecular flexibility index (Phi) is 3.30. The Hall–Kier alpha value is -1.75. The first-order chi connectivity index (χ1) is 9.63. The number of carbonyl (C=O) groups is 1. The number of hydrogen-bond acceptors (Lipinski definition) is 5. The molecule has 1 aromatic rings. The molecule has 5 nitrogen and oxygen atoms in total. The molecule has 1 fully saturated rings. The highest BCUT2D eigenvalue weighted by Gasteiger charge is 2.44. The second-order valence-corrected chi connectivity index (χ2v) is 5.58. The van der Waals surface area contributed by atoms with Crippen LogP contribution >= 0.6 is 0 Å². The fraction of sp³-hybridized carbons (Fsp3) is 0.533. The van der Waals surface area contributed by atoms with Gasteiger partial charge in [-0.3, -0.25) is 4.79 Å². The zero-order valence-electron chi connectivity index (χ0n) is 11.8. The number of piperidine rings is 1. The lowest BCUT2D eigenvalue weighted by Crippen LogP contribution is -2.54. The van der Waals surface area contributed by atoms with Crippen LogP contribution in [0.25, 0.3) is 0 Å². The smallest absolute Gasteiger partial charge is 0.313 e. The van der Waals surface area contributed by atoms with Gasteiger partial charge in [0.2, 0.25) is 0 Å². The van der Waals surface area contributed by atoms with Crippen LogP contribution in [0.3, 0.4) is 0 Å². The zero-order chi connectivity index (χ0) is 14.3. The molecule has 0 aromatic heterocycles. The lowest BCUT2D eigenvalue weighted by atomic mass is 9.74. The normalized spacial score (nSPS) is 28.5. The van der Waals surface area contributed by atoms with E-state index < -0.39 is 0 Å². The predicted octanol–water partition coefficient (Wildman–Crippen LogP) is 1.08. The molecular formula is C15H20N2O3. The standard InChI is InChI=1S/C15H20N2O3/c1-17-12-4-3-9(18)7-10(12)14(15(19)20-2)11-8-16-6-5-13(11)17/h3-4,7,11,13-14,16,18H,5-6,8H2,1-2H3. The van der Waals surface area contributed by atoms with Crippen LogP contribution in [-0.2, 0) is 9.53 Å². The van der Waals surface area contributed by atoms with Gasteiger partial charge in [0.1, 0.15) is 5.75 Å². The number of hydrogen-bond donors (Lipinski definition) is 2. The van der Waals surface area contributed by atoms with Gasteiger partial charge >= 0.3 is 5.97 Å². The van der Waals surface area contributed by atoms with Crippen molar-refractivity contribution in [1.29, 1.82) is 0 Å². The summed E-state index contributed by atoms with van der Waals surface area (Å²) >= 11 is 0. The first kappa shape index (κ1) is 13.2. The van der Waals surface area contributed by atoms with Crippen LogP contribution in [0, 0.1) is 5.92 Å². The molecule has 2 aliphatic rings. The Morgan fingerprint density at radius 3 is 3.05 bits per heavy atom. The van der Waals surface area contributed by atoms with Crippen molar-refractivity contribution in [3.05, 3.63) is 23.8 Å². The van der Waals surface area contributed by atoms with Gasteiger partial charge in [0, 0.05) is 31.2 Å². The summed E-state index contributed by atoms with van der Waals surface area (Å²) in [4.78, 5) is 14.5. The topological polar surface area (TPSA) is 61.8 Å². The third-order valence-electron chi connectivity index (χ3n) is 4.60. The summed E-state index contributed by atoms with van der Waals surface area (Å²) in [6.07, 6.45) is 1.01. The number of nitrogens with zero attached hydrogens (tertiary/aromatic N) is 1. The SMILES string of the molecule is COC(=O)C1c2cc(O)ccc2N(C)C2CCNCC12. The third-order valence-corrected chi connectivity index (χ3v) is 4.60. The lowest BCUT2D eigenvalue weighted by molar-refractivity contribution is -0.144. The van der Waals surface area contributed by atoms with E-state index in [1.807, 2.05) is 6.07 Å². The molecule has 3 atom stereocenters. The summed E-state index contributed by atoms with van der Waals surface area (Å²) in [5.74, 6) is -0.163. The molecule has 3 rings (SSSR count). The van der Waals surface area contributed by atoms with Gasteiger partial charge in [0.15, 0.2) is 0 Å². The Labute approximate surface area is 118 Å². The van der Waals surface area contributed by atoms with Gasteiger partial charge in [-0.2, -0.15) is 0 Å². The molecule has 5 heteroatoms. The Morgan fingerprint density at radius 2 is 2.30 bits per heavy atom. The highest BCUT2D eigenvalue weighted by molar-refractivity contribution is 5.83. The summed E-state index contributed by atoms with van der Waals surface area (Å²) in [6.45, 7) is 1.76. The number of anilines is 1. The van der Waals surface area contributed by atoms with Crippen molar-refractivity contribution in [3.8, 4) is 5.75 Å². The first-order valence-electron chi connectivity index (χ1n) is 6.97. The highest BCUT2D eigenvalue weighted by atomic mass is 16.5. The first-order valence-corrected chi connectivity index (χ1v) is 6.97. The van der Waals surface area contributed by atoms with Gasteiger partial charge in [-0.25, -0.2) is 0 Å². The number of methoxy groups -OCH3 is 1. The molecule has 2 heterocycles. The van der Waals surface area contributed by atoms with E-state index in [2.05, 4.69) is 17.3 Å². The molecule has 108 valence electrons. The molecule has 2 aliphatic heterocycles. The quantitative estimate of drug-likeness (QED) is 0.752. The molecule has 0 saturated carbocycles. The van der Waals surface area contributed by atoms with Crippen molar-refractivity contribution in [3.63, 3.8) is 0 Å². The number of rotatable bonds is 1. The number of aromatic hydroxyl groups is 1. The van der Waals surface area contributed by atoms with Gasteiger partial charge in [-0.1, -0.05) is 0 Å². The Balaban J connectivity index is 2.12. The second-order valence-electron chi connectivity index (χ2n) is 5.58. The molecule has 2 N–H and O–H groups in total. The number of benzene rings is 1. The molecule has 0 aliphatic carbocycles. The zero-order valence-corrected chi connectivity index (χ0v) is 11.8. The van der Waals surface area contributed by atoms with Gasteiger partial charge in [0.25, 0.3) is 0 Å². The van der Waals surface area contributed by atoms with Crippen molar-refractivity contribution in [2.75, 3.05) is 32.1 Å². The number of phenols is 1. The van der Waals surface area contributed by atoms with Crippen LogP contribution in [0.5, 0.6) is 5.75 Å². The van der Waals surface area contributed by atoms with E-state index in [9.17, 15) is 9.90 Å². The Bertz CT molecular complexity index is 532. The van der Waals surface area contributed by atoms with Gasteiger partial charge in [0.05, 0.1) is 13.0 Å². The minimum absolute atomic E-state index is 0.176.